The number of carbonyl (C=O) groups is 1. The lowest BCUT2D eigenvalue weighted by molar-refractivity contribution is -0.120. The second-order valence-corrected chi connectivity index (χ2v) is 7.95. The molecule has 1 saturated heterocycles. The normalized spacial score (nSPS) is 16.0. The summed E-state index contributed by atoms with van der Waals surface area (Å²) in [7, 11) is 0. The second-order valence-electron chi connectivity index (χ2n) is 6.94. The third-order valence-electron chi connectivity index (χ3n) is 4.78. The van der Waals surface area contributed by atoms with Crippen LogP contribution in [-0.2, 0) is 9.53 Å². The first-order valence-corrected chi connectivity index (χ1v) is 10.8. The van der Waals surface area contributed by atoms with Gasteiger partial charge in [-0.2, -0.15) is 0 Å². The Morgan fingerprint density at radius 1 is 1.23 bits per heavy atom. The number of benzene rings is 2. The standard InChI is InChI=1S/C22H23FN2O4S/c1-2-27-16-6-8-17(9-7-16)29-14-21(26)25(13-18-4-3-11-28-18)22-24-19-10-5-15(23)12-20(19)30-22/h5-10,12,18H,2-4,11,13-14H2,1H3. The van der Waals surface area contributed by atoms with Gasteiger partial charge in [0.05, 0.1) is 29.5 Å². The number of anilines is 1. The van der Waals surface area contributed by atoms with Crippen LogP contribution in [0.4, 0.5) is 9.52 Å². The van der Waals surface area contributed by atoms with Gasteiger partial charge in [0.25, 0.3) is 5.91 Å². The molecular weight excluding hydrogens is 407 g/mol. The Morgan fingerprint density at radius 3 is 2.70 bits per heavy atom. The lowest BCUT2D eigenvalue weighted by Gasteiger charge is -2.23. The zero-order valence-electron chi connectivity index (χ0n) is 16.7. The summed E-state index contributed by atoms with van der Waals surface area (Å²) in [6.45, 7) is 3.46. The highest BCUT2D eigenvalue weighted by molar-refractivity contribution is 7.22. The van der Waals surface area contributed by atoms with E-state index in [0.717, 1.165) is 18.6 Å². The van der Waals surface area contributed by atoms with Gasteiger partial charge in [0.15, 0.2) is 11.7 Å². The summed E-state index contributed by atoms with van der Waals surface area (Å²) in [6.07, 6.45) is 1.83. The Morgan fingerprint density at radius 2 is 2.00 bits per heavy atom. The molecule has 1 aliphatic rings. The third-order valence-corrected chi connectivity index (χ3v) is 5.82. The average Bonchev–Trinajstić information content (AvgIpc) is 3.40. The maximum absolute atomic E-state index is 13.6. The number of ether oxygens (including phenoxy) is 3. The van der Waals surface area contributed by atoms with Crippen LogP contribution in [-0.4, -0.2) is 43.4 Å². The molecule has 6 nitrogen and oxygen atoms in total. The molecule has 0 N–H and O–H groups in total. The molecule has 0 spiro atoms. The molecule has 0 aliphatic carbocycles. The lowest BCUT2D eigenvalue weighted by atomic mass is 10.2. The van der Waals surface area contributed by atoms with Gasteiger partial charge in [0, 0.05) is 6.61 Å². The van der Waals surface area contributed by atoms with Crippen molar-refractivity contribution in [2.24, 2.45) is 0 Å². The van der Waals surface area contributed by atoms with Crippen LogP contribution < -0.4 is 14.4 Å². The van der Waals surface area contributed by atoms with Crippen LogP contribution in [0.2, 0.25) is 0 Å². The average molecular weight is 431 g/mol. The van der Waals surface area contributed by atoms with Crippen LogP contribution in [0.15, 0.2) is 42.5 Å². The van der Waals surface area contributed by atoms with Crippen molar-refractivity contribution in [3.63, 3.8) is 0 Å². The Balaban J connectivity index is 1.49. The summed E-state index contributed by atoms with van der Waals surface area (Å²) < 4.78 is 31.1. The van der Waals surface area contributed by atoms with E-state index in [2.05, 4.69) is 4.98 Å². The molecule has 1 atom stereocenters. The van der Waals surface area contributed by atoms with Crippen LogP contribution in [0.25, 0.3) is 10.2 Å². The van der Waals surface area contributed by atoms with Gasteiger partial charge in [-0.15, -0.1) is 0 Å². The van der Waals surface area contributed by atoms with Crippen LogP contribution in [0.1, 0.15) is 19.8 Å². The summed E-state index contributed by atoms with van der Waals surface area (Å²) in [5, 5.41) is 0.520. The van der Waals surface area contributed by atoms with Gasteiger partial charge in [0.2, 0.25) is 0 Å². The zero-order valence-corrected chi connectivity index (χ0v) is 17.5. The Hall–Kier alpha value is -2.71. The third kappa shape index (κ3) is 4.88. The van der Waals surface area contributed by atoms with Crippen molar-refractivity contribution in [1.82, 2.24) is 4.98 Å². The predicted octanol–water partition coefficient (Wildman–Crippen LogP) is 4.43. The summed E-state index contributed by atoms with van der Waals surface area (Å²) >= 11 is 1.29. The van der Waals surface area contributed by atoms with Gasteiger partial charge in [-0.05, 0) is 62.2 Å². The molecule has 8 heteroatoms. The predicted molar refractivity (Wildman–Crippen MR) is 114 cm³/mol. The molecule has 1 unspecified atom stereocenters. The maximum atomic E-state index is 13.6. The van der Waals surface area contributed by atoms with Crippen LogP contribution in [0.5, 0.6) is 11.5 Å². The summed E-state index contributed by atoms with van der Waals surface area (Å²) in [5.74, 6) is 0.778. The van der Waals surface area contributed by atoms with E-state index < -0.39 is 0 Å². The van der Waals surface area contributed by atoms with E-state index in [1.807, 2.05) is 6.92 Å². The fourth-order valence-corrected chi connectivity index (χ4v) is 4.32. The van der Waals surface area contributed by atoms with E-state index in [-0.39, 0.29) is 24.4 Å². The Bertz CT molecular complexity index is 1000. The number of amides is 1. The van der Waals surface area contributed by atoms with E-state index in [4.69, 9.17) is 14.2 Å². The van der Waals surface area contributed by atoms with Crippen LogP contribution in [0.3, 0.4) is 0 Å². The monoisotopic (exact) mass is 430 g/mol. The number of nitrogens with zero attached hydrogens (tertiary/aromatic N) is 2. The molecular formula is C22H23FN2O4S. The van der Waals surface area contributed by atoms with Crippen molar-refractivity contribution in [3.8, 4) is 11.5 Å². The quantitative estimate of drug-likeness (QED) is 0.529. The summed E-state index contributed by atoms with van der Waals surface area (Å²) in [5.41, 5.74) is 0.661. The highest BCUT2D eigenvalue weighted by Gasteiger charge is 2.26. The smallest absolute Gasteiger partial charge is 0.266 e. The minimum absolute atomic E-state index is 0.0387. The molecule has 0 radical (unpaired) electrons. The fourth-order valence-electron chi connectivity index (χ4n) is 3.30. The Kier molecular flexibility index (Phi) is 6.44. The van der Waals surface area contributed by atoms with Crippen LogP contribution in [0, 0.1) is 5.82 Å². The fraction of sp³-hybridized carbons (Fsp3) is 0.364. The second kappa shape index (κ2) is 9.40. The number of aromatic nitrogens is 1. The molecule has 0 saturated carbocycles. The van der Waals surface area contributed by atoms with E-state index in [1.165, 1.54) is 23.5 Å². The summed E-state index contributed by atoms with van der Waals surface area (Å²) in [4.78, 5) is 19.2. The number of rotatable bonds is 8. The van der Waals surface area contributed by atoms with Crippen molar-refractivity contribution in [1.29, 1.82) is 0 Å². The highest BCUT2D eigenvalue weighted by atomic mass is 32.1. The van der Waals surface area contributed by atoms with E-state index in [1.54, 1.807) is 35.2 Å². The van der Waals surface area contributed by atoms with Crippen molar-refractivity contribution in [2.75, 3.05) is 31.3 Å². The molecule has 1 fully saturated rings. The molecule has 1 amide bonds. The number of carbonyl (C=O) groups excluding carboxylic acids is 1. The molecule has 4 rings (SSSR count). The zero-order chi connectivity index (χ0) is 20.9. The van der Waals surface area contributed by atoms with Crippen molar-refractivity contribution < 1.29 is 23.4 Å². The molecule has 0 bridgehead atoms. The first-order valence-electron chi connectivity index (χ1n) is 9.96. The molecule has 3 aromatic rings. The molecule has 30 heavy (non-hydrogen) atoms. The SMILES string of the molecule is CCOc1ccc(OCC(=O)N(CC2CCCO2)c2nc3ccc(F)cc3s2)cc1. The number of hydrogen-bond acceptors (Lipinski definition) is 6. The van der Waals surface area contributed by atoms with Gasteiger partial charge in [-0.3, -0.25) is 9.69 Å². The number of hydrogen-bond donors (Lipinski definition) is 0. The number of thiazole rings is 1. The van der Waals surface area contributed by atoms with E-state index in [9.17, 15) is 9.18 Å². The molecule has 2 aromatic carbocycles. The topological polar surface area (TPSA) is 60.9 Å². The highest BCUT2D eigenvalue weighted by Crippen LogP contribution is 2.30. The first-order chi connectivity index (χ1) is 14.6. The van der Waals surface area contributed by atoms with Gasteiger partial charge in [-0.25, -0.2) is 9.37 Å². The number of halogens is 1. The van der Waals surface area contributed by atoms with Gasteiger partial charge < -0.3 is 14.2 Å². The molecule has 1 aliphatic heterocycles. The van der Waals surface area contributed by atoms with E-state index in [0.29, 0.717) is 40.9 Å². The lowest BCUT2D eigenvalue weighted by Crippen LogP contribution is -2.40. The minimum Gasteiger partial charge on any atom is -0.494 e. The summed E-state index contributed by atoms with van der Waals surface area (Å²) in [6, 6.07) is 11.6. The minimum atomic E-state index is -0.325. The van der Waals surface area contributed by atoms with Gasteiger partial charge in [-0.1, -0.05) is 11.3 Å². The Labute approximate surface area is 178 Å². The van der Waals surface area contributed by atoms with Gasteiger partial charge in [0.1, 0.15) is 17.3 Å². The molecule has 158 valence electrons. The first kappa shape index (κ1) is 20.6. The maximum Gasteiger partial charge on any atom is 0.266 e. The molecule has 2 heterocycles. The van der Waals surface area contributed by atoms with E-state index >= 15 is 0 Å². The largest absolute Gasteiger partial charge is 0.494 e. The van der Waals surface area contributed by atoms with Gasteiger partial charge >= 0.3 is 0 Å². The van der Waals surface area contributed by atoms with Crippen molar-refractivity contribution in [3.05, 3.63) is 48.3 Å². The van der Waals surface area contributed by atoms with Crippen LogP contribution >= 0.6 is 11.3 Å². The molecule has 1 aromatic heterocycles. The number of fused-ring (bicyclic) bond motifs is 1. The van der Waals surface area contributed by atoms with Crippen molar-refractivity contribution in [2.45, 2.75) is 25.9 Å². The van der Waals surface area contributed by atoms with Crippen molar-refractivity contribution >= 4 is 32.6 Å².